The van der Waals surface area contributed by atoms with Gasteiger partial charge in [0.15, 0.2) is 0 Å². The molecule has 0 bridgehead atoms. The first-order chi connectivity index (χ1) is 11.9. The Morgan fingerprint density at radius 2 is 1.56 bits per heavy atom. The average Bonchev–Trinajstić information content (AvgIpc) is 2.58. The van der Waals surface area contributed by atoms with Gasteiger partial charge in [0.05, 0.1) is 5.75 Å². The molecule has 142 valence electrons. The standard InChI is InChI=1S/C19H31NO4S/c1-2-3-8-17-10-12-18(13-11-17)14-16-25(23,24)20-15-7-5-4-6-9-19(21)22/h10-13,20H,2-9,14-16H2,1H3,(H,21,22). The molecule has 6 heteroatoms. The monoisotopic (exact) mass is 369 g/mol. The van der Waals surface area contributed by atoms with E-state index in [1.165, 1.54) is 18.4 Å². The maximum Gasteiger partial charge on any atom is 0.303 e. The predicted molar refractivity (Wildman–Crippen MR) is 101 cm³/mol. The van der Waals surface area contributed by atoms with Crippen LogP contribution in [0.4, 0.5) is 0 Å². The van der Waals surface area contributed by atoms with Crippen LogP contribution in [0.15, 0.2) is 24.3 Å². The van der Waals surface area contributed by atoms with E-state index in [9.17, 15) is 13.2 Å². The number of rotatable bonds is 14. The van der Waals surface area contributed by atoms with Gasteiger partial charge in [-0.15, -0.1) is 0 Å². The Morgan fingerprint density at radius 1 is 0.960 bits per heavy atom. The molecular weight excluding hydrogens is 338 g/mol. The van der Waals surface area contributed by atoms with E-state index in [0.717, 1.165) is 31.2 Å². The molecule has 0 aromatic heterocycles. The highest BCUT2D eigenvalue weighted by Gasteiger charge is 2.09. The minimum absolute atomic E-state index is 0.0975. The third-order valence-electron chi connectivity index (χ3n) is 4.14. The summed E-state index contributed by atoms with van der Waals surface area (Å²) in [6.07, 6.45) is 7.17. The second-order valence-corrected chi connectivity index (χ2v) is 8.37. The molecule has 1 aromatic rings. The second kappa shape index (κ2) is 12.0. The summed E-state index contributed by atoms with van der Waals surface area (Å²) in [6.45, 7) is 2.59. The van der Waals surface area contributed by atoms with Gasteiger partial charge in [-0.3, -0.25) is 4.79 Å². The Bertz CT molecular complexity index is 596. The van der Waals surface area contributed by atoms with Crippen LogP contribution in [-0.4, -0.2) is 31.8 Å². The molecule has 0 spiro atoms. The van der Waals surface area contributed by atoms with Crippen molar-refractivity contribution < 1.29 is 18.3 Å². The van der Waals surface area contributed by atoms with Crippen LogP contribution in [0, 0.1) is 0 Å². The van der Waals surface area contributed by atoms with Gasteiger partial charge in [0.1, 0.15) is 0 Å². The summed E-state index contributed by atoms with van der Waals surface area (Å²) in [7, 11) is -3.25. The van der Waals surface area contributed by atoms with Crippen molar-refractivity contribution in [3.63, 3.8) is 0 Å². The highest BCUT2D eigenvalue weighted by molar-refractivity contribution is 7.89. The van der Waals surface area contributed by atoms with Gasteiger partial charge in [0.25, 0.3) is 0 Å². The van der Waals surface area contributed by atoms with Crippen LogP contribution in [-0.2, 0) is 27.7 Å². The quantitative estimate of drug-likeness (QED) is 0.491. The fourth-order valence-corrected chi connectivity index (χ4v) is 3.66. The predicted octanol–water partition coefficient (Wildman–Crippen LogP) is 3.53. The molecule has 1 rings (SSSR count). The zero-order chi connectivity index (χ0) is 18.5. The smallest absolute Gasteiger partial charge is 0.303 e. The van der Waals surface area contributed by atoms with Crippen molar-refractivity contribution >= 4 is 16.0 Å². The van der Waals surface area contributed by atoms with Crippen LogP contribution < -0.4 is 4.72 Å². The van der Waals surface area contributed by atoms with Gasteiger partial charge in [-0.2, -0.15) is 0 Å². The third-order valence-corrected chi connectivity index (χ3v) is 5.53. The number of carboxylic acid groups (broad SMARTS) is 1. The molecule has 25 heavy (non-hydrogen) atoms. The fourth-order valence-electron chi connectivity index (χ4n) is 2.56. The molecule has 0 aliphatic carbocycles. The van der Waals surface area contributed by atoms with E-state index in [1.807, 2.05) is 12.1 Å². The van der Waals surface area contributed by atoms with Crippen LogP contribution in [0.25, 0.3) is 0 Å². The van der Waals surface area contributed by atoms with Crippen LogP contribution in [0.2, 0.25) is 0 Å². The van der Waals surface area contributed by atoms with E-state index in [4.69, 9.17) is 5.11 Å². The van der Waals surface area contributed by atoms with E-state index >= 15 is 0 Å². The molecule has 0 saturated carbocycles. The lowest BCUT2D eigenvalue weighted by Gasteiger charge is -2.07. The maximum atomic E-state index is 12.0. The normalized spacial score (nSPS) is 11.6. The molecule has 0 unspecified atom stereocenters. The lowest BCUT2D eigenvalue weighted by Crippen LogP contribution is -2.28. The molecule has 0 saturated heterocycles. The van der Waals surface area contributed by atoms with Gasteiger partial charge >= 0.3 is 5.97 Å². The third kappa shape index (κ3) is 10.9. The van der Waals surface area contributed by atoms with Crippen molar-refractivity contribution in [1.82, 2.24) is 4.72 Å². The Labute approximate surface area is 151 Å². The molecule has 0 heterocycles. The number of sulfonamides is 1. The van der Waals surface area contributed by atoms with E-state index < -0.39 is 16.0 Å². The Morgan fingerprint density at radius 3 is 2.16 bits per heavy atom. The number of benzene rings is 1. The molecule has 0 fully saturated rings. The highest BCUT2D eigenvalue weighted by atomic mass is 32.2. The highest BCUT2D eigenvalue weighted by Crippen LogP contribution is 2.09. The van der Waals surface area contributed by atoms with Gasteiger partial charge in [-0.25, -0.2) is 13.1 Å². The molecule has 0 atom stereocenters. The minimum Gasteiger partial charge on any atom is -0.481 e. The van der Waals surface area contributed by atoms with Crippen LogP contribution in [0.1, 0.15) is 63.0 Å². The number of carbonyl (C=O) groups is 1. The Hall–Kier alpha value is -1.40. The van der Waals surface area contributed by atoms with Crippen molar-refractivity contribution in [2.75, 3.05) is 12.3 Å². The van der Waals surface area contributed by atoms with Crippen molar-refractivity contribution in [3.8, 4) is 0 Å². The lowest BCUT2D eigenvalue weighted by molar-refractivity contribution is -0.137. The zero-order valence-corrected chi connectivity index (χ0v) is 16.0. The summed E-state index contributed by atoms with van der Waals surface area (Å²) in [6, 6.07) is 8.20. The number of hydrogen-bond donors (Lipinski definition) is 2. The van der Waals surface area contributed by atoms with E-state index in [-0.39, 0.29) is 12.2 Å². The van der Waals surface area contributed by atoms with Gasteiger partial charge in [0, 0.05) is 13.0 Å². The van der Waals surface area contributed by atoms with Crippen molar-refractivity contribution in [3.05, 3.63) is 35.4 Å². The summed E-state index contributed by atoms with van der Waals surface area (Å²) in [5, 5.41) is 8.54. The average molecular weight is 370 g/mol. The number of aryl methyl sites for hydroxylation is 2. The molecule has 0 aliphatic heterocycles. The van der Waals surface area contributed by atoms with Gasteiger partial charge in [0.2, 0.25) is 10.0 Å². The summed E-state index contributed by atoms with van der Waals surface area (Å²) in [5.74, 6) is -0.681. The number of aliphatic carboxylic acids is 1. The van der Waals surface area contributed by atoms with Crippen LogP contribution in [0.5, 0.6) is 0 Å². The van der Waals surface area contributed by atoms with E-state index in [2.05, 4.69) is 23.8 Å². The topological polar surface area (TPSA) is 83.5 Å². The summed E-state index contributed by atoms with van der Waals surface area (Å²) in [5.41, 5.74) is 2.34. The number of unbranched alkanes of at least 4 members (excludes halogenated alkanes) is 4. The first-order valence-corrected chi connectivity index (χ1v) is 10.8. The summed E-state index contributed by atoms with van der Waals surface area (Å²) >= 11 is 0. The van der Waals surface area contributed by atoms with Crippen LogP contribution >= 0.6 is 0 Å². The molecule has 0 amide bonds. The minimum atomic E-state index is -3.25. The van der Waals surface area contributed by atoms with Crippen LogP contribution in [0.3, 0.4) is 0 Å². The number of nitrogens with one attached hydrogen (secondary N) is 1. The molecular formula is C19H31NO4S. The first kappa shape index (κ1) is 21.6. The molecule has 1 aromatic carbocycles. The fraction of sp³-hybridized carbons (Fsp3) is 0.632. The van der Waals surface area contributed by atoms with Gasteiger partial charge < -0.3 is 5.11 Å². The molecule has 2 N–H and O–H groups in total. The maximum absolute atomic E-state index is 12.0. The summed E-state index contributed by atoms with van der Waals surface area (Å²) in [4.78, 5) is 10.4. The zero-order valence-electron chi connectivity index (χ0n) is 15.2. The lowest BCUT2D eigenvalue weighted by atomic mass is 10.1. The van der Waals surface area contributed by atoms with Gasteiger partial charge in [-0.05, 0) is 43.2 Å². The Kier molecular flexibility index (Phi) is 10.4. The summed E-state index contributed by atoms with van der Waals surface area (Å²) < 4.78 is 26.6. The molecule has 0 radical (unpaired) electrons. The largest absolute Gasteiger partial charge is 0.481 e. The Balaban J connectivity index is 2.21. The van der Waals surface area contributed by atoms with Crippen molar-refractivity contribution in [2.24, 2.45) is 0 Å². The van der Waals surface area contributed by atoms with Crippen molar-refractivity contribution in [1.29, 1.82) is 0 Å². The molecule has 0 aliphatic rings. The second-order valence-electron chi connectivity index (χ2n) is 6.44. The van der Waals surface area contributed by atoms with Gasteiger partial charge in [-0.1, -0.05) is 50.5 Å². The van der Waals surface area contributed by atoms with E-state index in [0.29, 0.717) is 19.4 Å². The molecule has 5 nitrogen and oxygen atoms in total. The number of hydrogen-bond acceptors (Lipinski definition) is 3. The first-order valence-electron chi connectivity index (χ1n) is 9.20. The number of carboxylic acids is 1. The SMILES string of the molecule is CCCCc1ccc(CCS(=O)(=O)NCCCCCCC(=O)O)cc1. The van der Waals surface area contributed by atoms with E-state index in [1.54, 1.807) is 0 Å². The van der Waals surface area contributed by atoms with Crippen molar-refractivity contribution in [2.45, 2.75) is 64.7 Å².